The molecule has 0 fully saturated rings. The van der Waals surface area contributed by atoms with Gasteiger partial charge in [-0.25, -0.2) is 13.1 Å². The Kier molecular flexibility index (Phi) is 9.92. The first-order chi connectivity index (χ1) is 18.2. The van der Waals surface area contributed by atoms with Crippen LogP contribution in [0.1, 0.15) is 30.0 Å². The van der Waals surface area contributed by atoms with Crippen molar-refractivity contribution in [3.05, 3.63) is 80.1 Å². The molecule has 0 aliphatic rings. The number of carbonyl (C=O) groups excluding carboxylic acids is 1. The number of hydrogen-bond donors (Lipinski definition) is 3. The highest BCUT2D eigenvalue weighted by molar-refractivity contribution is 7.90. The predicted molar refractivity (Wildman–Crippen MR) is 143 cm³/mol. The summed E-state index contributed by atoms with van der Waals surface area (Å²) in [7, 11) is -3.55. The van der Waals surface area contributed by atoms with Gasteiger partial charge in [0.05, 0.1) is 17.5 Å². The van der Waals surface area contributed by atoms with Crippen LogP contribution in [0.15, 0.2) is 53.3 Å². The van der Waals surface area contributed by atoms with Crippen molar-refractivity contribution in [1.82, 2.24) is 15.1 Å². The van der Waals surface area contributed by atoms with Crippen molar-refractivity contribution in [3.63, 3.8) is 0 Å². The summed E-state index contributed by atoms with van der Waals surface area (Å²) >= 11 is 12.2. The van der Waals surface area contributed by atoms with Gasteiger partial charge in [0.2, 0.25) is 5.91 Å². The number of aliphatic hydroxyl groups excluding tert-OH is 1. The molecule has 1 heterocycles. The summed E-state index contributed by atoms with van der Waals surface area (Å²) in [6.45, 7) is -0.532. The summed E-state index contributed by atoms with van der Waals surface area (Å²) in [5, 5.41) is 15.4. The number of nitrogens with one attached hydrogen (secondary N) is 2. The lowest BCUT2D eigenvalue weighted by atomic mass is 10.0. The molecule has 212 valence electrons. The minimum atomic E-state index is -4.78. The molecule has 1 aromatic heterocycles. The second kappa shape index (κ2) is 12.6. The van der Waals surface area contributed by atoms with Gasteiger partial charge in [0.25, 0.3) is 5.56 Å². The van der Waals surface area contributed by atoms with E-state index in [1.54, 1.807) is 48.5 Å². The van der Waals surface area contributed by atoms with E-state index in [4.69, 9.17) is 23.2 Å². The van der Waals surface area contributed by atoms with Crippen LogP contribution in [-0.4, -0.2) is 53.5 Å². The predicted octanol–water partition coefficient (Wildman–Crippen LogP) is 4.30. The summed E-state index contributed by atoms with van der Waals surface area (Å²) in [6, 6.07) is 11.8. The smallest absolute Gasteiger partial charge is 0.384 e. The van der Waals surface area contributed by atoms with Gasteiger partial charge in [-0.3, -0.25) is 14.7 Å². The Hall–Kier alpha value is -2.80. The number of carbonyl (C=O) groups is 1. The van der Waals surface area contributed by atoms with Gasteiger partial charge in [0.15, 0.2) is 0 Å². The number of amides is 1. The largest absolute Gasteiger partial charge is 0.414 e. The molecule has 2 atom stereocenters. The lowest BCUT2D eigenvalue weighted by molar-refractivity contribution is -0.205. The molecule has 0 aliphatic heterocycles. The van der Waals surface area contributed by atoms with E-state index in [0.29, 0.717) is 16.1 Å². The molecule has 0 aliphatic carbocycles. The molecule has 2 aromatic carbocycles. The SMILES string of the molecule is CS(=O)(=O)CC(NC(=O)Cn1[nH]c(-c2ccc(Cl)cc2)c(CCCC(O)C(F)(F)F)c1=O)c1ccccc1Cl. The summed E-state index contributed by atoms with van der Waals surface area (Å²) in [6.07, 6.45) is -7.16. The molecule has 0 saturated heterocycles. The lowest BCUT2D eigenvalue weighted by Crippen LogP contribution is -2.37. The summed E-state index contributed by atoms with van der Waals surface area (Å²) in [5.41, 5.74) is 0.646. The number of H-pyrrole nitrogens is 1. The third-order valence-corrected chi connectivity index (χ3v) is 7.39. The van der Waals surface area contributed by atoms with Crippen molar-refractivity contribution in [2.24, 2.45) is 0 Å². The standard InChI is InChI=1S/C25H26Cl2F3N3O5S/c1-39(37,38)14-20(17-5-2-3-7-19(17)27)31-22(35)13-33-24(36)18(6-4-8-21(34)25(28,29)30)23(32-33)15-9-11-16(26)12-10-15/h2-3,5,7,9-12,20-21,32,34H,4,6,8,13-14H2,1H3,(H,31,35). The van der Waals surface area contributed by atoms with Crippen molar-refractivity contribution in [2.45, 2.75) is 44.1 Å². The number of alkyl halides is 3. The average molecular weight is 608 g/mol. The van der Waals surface area contributed by atoms with Gasteiger partial charge in [0, 0.05) is 21.9 Å². The highest BCUT2D eigenvalue weighted by Gasteiger charge is 2.37. The van der Waals surface area contributed by atoms with Gasteiger partial charge in [-0.2, -0.15) is 13.2 Å². The number of aromatic amines is 1. The Bertz CT molecular complexity index is 1470. The van der Waals surface area contributed by atoms with Crippen LogP contribution in [-0.2, 0) is 27.6 Å². The molecular formula is C25H26Cl2F3N3O5S. The second-order valence-corrected chi connectivity index (χ2v) is 12.1. The zero-order valence-corrected chi connectivity index (χ0v) is 23.0. The van der Waals surface area contributed by atoms with E-state index < -0.39 is 58.3 Å². The quantitative estimate of drug-likeness (QED) is 0.300. The fourth-order valence-corrected chi connectivity index (χ4v) is 5.27. The van der Waals surface area contributed by atoms with E-state index >= 15 is 0 Å². The van der Waals surface area contributed by atoms with Crippen LogP contribution in [0.2, 0.25) is 10.0 Å². The van der Waals surface area contributed by atoms with Crippen LogP contribution in [0.5, 0.6) is 0 Å². The number of aliphatic hydroxyl groups is 1. The normalized spacial score (nSPS) is 13.7. The molecule has 3 N–H and O–H groups in total. The molecule has 3 rings (SSSR count). The van der Waals surface area contributed by atoms with E-state index in [9.17, 15) is 36.3 Å². The third-order valence-electron chi connectivity index (χ3n) is 5.85. The molecule has 1 amide bonds. The molecule has 14 heteroatoms. The number of sulfone groups is 1. The Morgan fingerprint density at radius 2 is 1.77 bits per heavy atom. The van der Waals surface area contributed by atoms with Crippen LogP contribution < -0.4 is 10.9 Å². The number of hydrogen-bond acceptors (Lipinski definition) is 5. The summed E-state index contributed by atoms with van der Waals surface area (Å²) in [4.78, 5) is 26.2. The maximum atomic E-state index is 13.2. The number of aromatic nitrogens is 2. The Morgan fingerprint density at radius 1 is 1.13 bits per heavy atom. The first-order valence-corrected chi connectivity index (χ1v) is 14.5. The highest BCUT2D eigenvalue weighted by Crippen LogP contribution is 2.27. The maximum absolute atomic E-state index is 13.2. The lowest BCUT2D eigenvalue weighted by Gasteiger charge is -2.19. The molecule has 0 spiro atoms. The minimum absolute atomic E-state index is 0.106. The molecule has 2 unspecified atom stereocenters. The first kappa shape index (κ1) is 30.7. The van der Waals surface area contributed by atoms with Crippen molar-refractivity contribution in [3.8, 4) is 11.3 Å². The van der Waals surface area contributed by atoms with Crippen molar-refractivity contribution < 1.29 is 31.5 Å². The molecule has 8 nitrogen and oxygen atoms in total. The number of benzene rings is 2. The van der Waals surface area contributed by atoms with Crippen molar-refractivity contribution in [2.75, 3.05) is 12.0 Å². The molecule has 39 heavy (non-hydrogen) atoms. The monoisotopic (exact) mass is 607 g/mol. The van der Waals surface area contributed by atoms with Gasteiger partial charge < -0.3 is 10.4 Å². The van der Waals surface area contributed by atoms with Gasteiger partial charge in [-0.15, -0.1) is 0 Å². The molecular weight excluding hydrogens is 582 g/mol. The number of rotatable bonds is 11. The van der Waals surface area contributed by atoms with Crippen LogP contribution in [0.3, 0.4) is 0 Å². The Morgan fingerprint density at radius 3 is 2.36 bits per heavy atom. The molecule has 0 bridgehead atoms. The summed E-state index contributed by atoms with van der Waals surface area (Å²) < 4.78 is 63.1. The molecule has 3 aromatic rings. The topological polar surface area (TPSA) is 121 Å². The number of halogens is 5. The van der Waals surface area contributed by atoms with Gasteiger partial charge in [0.1, 0.15) is 22.5 Å². The first-order valence-electron chi connectivity index (χ1n) is 11.7. The van der Waals surface area contributed by atoms with E-state index in [2.05, 4.69) is 10.4 Å². The van der Waals surface area contributed by atoms with E-state index in [0.717, 1.165) is 10.9 Å². The average Bonchev–Trinajstić information content (AvgIpc) is 3.13. The van der Waals surface area contributed by atoms with Crippen LogP contribution in [0.4, 0.5) is 13.2 Å². The van der Waals surface area contributed by atoms with Crippen LogP contribution in [0, 0.1) is 0 Å². The van der Waals surface area contributed by atoms with E-state index in [-0.39, 0.29) is 29.1 Å². The zero-order chi connectivity index (χ0) is 29.0. The van der Waals surface area contributed by atoms with E-state index in [1.165, 1.54) is 0 Å². The summed E-state index contributed by atoms with van der Waals surface area (Å²) in [5.74, 6) is -1.14. The fraction of sp³-hybridized carbons (Fsp3) is 0.360. The molecule has 0 saturated carbocycles. The van der Waals surface area contributed by atoms with Gasteiger partial charge in [-0.05, 0) is 48.6 Å². The fourth-order valence-electron chi connectivity index (χ4n) is 4.01. The maximum Gasteiger partial charge on any atom is 0.414 e. The highest BCUT2D eigenvalue weighted by atomic mass is 35.5. The Balaban J connectivity index is 1.88. The minimum Gasteiger partial charge on any atom is -0.384 e. The zero-order valence-electron chi connectivity index (χ0n) is 20.6. The van der Waals surface area contributed by atoms with Crippen LogP contribution in [0.25, 0.3) is 11.3 Å². The van der Waals surface area contributed by atoms with Gasteiger partial charge >= 0.3 is 6.18 Å². The number of nitrogens with zero attached hydrogens (tertiary/aromatic N) is 1. The van der Waals surface area contributed by atoms with Crippen LogP contribution >= 0.6 is 23.2 Å². The second-order valence-electron chi connectivity index (χ2n) is 9.05. The third kappa shape index (κ3) is 8.59. The molecule has 0 radical (unpaired) electrons. The van der Waals surface area contributed by atoms with E-state index in [1.807, 2.05) is 0 Å². The van der Waals surface area contributed by atoms with Crippen molar-refractivity contribution in [1.29, 1.82) is 0 Å². The van der Waals surface area contributed by atoms with Gasteiger partial charge in [-0.1, -0.05) is 53.5 Å². The van der Waals surface area contributed by atoms with Crippen molar-refractivity contribution >= 4 is 38.9 Å². The Labute approximate surface area is 232 Å².